The van der Waals surface area contributed by atoms with E-state index in [-0.39, 0.29) is 11.9 Å². The molecule has 2 unspecified atom stereocenters. The van der Waals surface area contributed by atoms with Gasteiger partial charge >= 0.3 is 0 Å². The van der Waals surface area contributed by atoms with Crippen molar-refractivity contribution in [3.05, 3.63) is 107 Å². The van der Waals surface area contributed by atoms with Gasteiger partial charge in [-0.1, -0.05) is 60.7 Å². The van der Waals surface area contributed by atoms with Crippen LogP contribution in [0.25, 0.3) is 10.9 Å². The third kappa shape index (κ3) is 4.27. The number of hydrogen-bond acceptors (Lipinski definition) is 3. The summed E-state index contributed by atoms with van der Waals surface area (Å²) < 4.78 is 19.9. The Morgan fingerprint density at radius 3 is 2.53 bits per heavy atom. The summed E-state index contributed by atoms with van der Waals surface area (Å²) in [6, 6.07) is 26.1. The Kier molecular flexibility index (Phi) is 5.91. The Balaban J connectivity index is 1.11. The monoisotopic (exact) mass is 455 g/mol. The van der Waals surface area contributed by atoms with Gasteiger partial charge in [-0.25, -0.2) is 4.39 Å². The quantitative estimate of drug-likeness (QED) is 0.436. The van der Waals surface area contributed by atoms with Crippen LogP contribution in [0.5, 0.6) is 0 Å². The van der Waals surface area contributed by atoms with E-state index in [1.165, 1.54) is 34.3 Å². The number of para-hydroxylation sites is 1. The highest BCUT2D eigenvalue weighted by atomic mass is 19.1. The molecule has 0 bridgehead atoms. The van der Waals surface area contributed by atoms with Crippen molar-refractivity contribution in [3.63, 3.8) is 0 Å². The minimum Gasteiger partial charge on any atom is -0.367 e. The van der Waals surface area contributed by atoms with Crippen molar-refractivity contribution >= 4 is 10.9 Å². The molecule has 3 aromatic carbocycles. The number of H-pyrrole nitrogens is 1. The molecule has 3 heterocycles. The molecule has 0 spiro atoms. The molecule has 34 heavy (non-hydrogen) atoms. The molecule has 0 saturated carbocycles. The minimum atomic E-state index is -0.223. The van der Waals surface area contributed by atoms with Gasteiger partial charge in [0, 0.05) is 55.4 Å². The molecule has 1 aromatic heterocycles. The summed E-state index contributed by atoms with van der Waals surface area (Å²) in [5.41, 5.74) is 6.22. The number of ether oxygens (including phenoxy) is 1. The van der Waals surface area contributed by atoms with Gasteiger partial charge < -0.3 is 9.72 Å². The molecule has 4 aromatic rings. The second-order valence-electron chi connectivity index (χ2n) is 9.47. The summed E-state index contributed by atoms with van der Waals surface area (Å²) in [5, 5.41) is 1.38. The lowest BCUT2D eigenvalue weighted by Crippen LogP contribution is -2.55. The number of piperazine rings is 1. The largest absolute Gasteiger partial charge is 0.367 e. The molecule has 4 nitrogen and oxygen atoms in total. The van der Waals surface area contributed by atoms with Gasteiger partial charge in [-0.05, 0) is 41.3 Å². The van der Waals surface area contributed by atoms with Crippen LogP contribution in [-0.2, 0) is 17.7 Å². The van der Waals surface area contributed by atoms with Crippen LogP contribution >= 0.6 is 0 Å². The first-order valence-electron chi connectivity index (χ1n) is 12.2. The second-order valence-corrected chi connectivity index (χ2v) is 9.47. The van der Waals surface area contributed by atoms with Gasteiger partial charge in [0.25, 0.3) is 0 Å². The van der Waals surface area contributed by atoms with E-state index in [0.717, 1.165) is 50.3 Å². The average Bonchev–Trinajstić information content (AvgIpc) is 3.24. The van der Waals surface area contributed by atoms with E-state index in [2.05, 4.69) is 51.2 Å². The van der Waals surface area contributed by atoms with Gasteiger partial charge in [0.2, 0.25) is 0 Å². The number of aromatic amines is 1. The van der Waals surface area contributed by atoms with Crippen LogP contribution in [0.4, 0.5) is 4.39 Å². The van der Waals surface area contributed by atoms with Gasteiger partial charge in [0.15, 0.2) is 0 Å². The van der Waals surface area contributed by atoms with Crippen molar-refractivity contribution in [3.8, 4) is 0 Å². The predicted molar refractivity (Wildman–Crippen MR) is 133 cm³/mol. The van der Waals surface area contributed by atoms with Gasteiger partial charge in [0.1, 0.15) is 11.9 Å². The molecular formula is C29H30FN3O. The number of hydrogen-bond donors (Lipinski definition) is 1. The van der Waals surface area contributed by atoms with Gasteiger partial charge in [-0.2, -0.15) is 0 Å². The Hall–Kier alpha value is -2.99. The lowest BCUT2D eigenvalue weighted by molar-refractivity contribution is 0.0216. The van der Waals surface area contributed by atoms with Crippen molar-refractivity contribution in [2.75, 3.05) is 32.8 Å². The normalized spacial score (nSPS) is 19.6. The van der Waals surface area contributed by atoms with Gasteiger partial charge in [-0.15, -0.1) is 0 Å². The molecule has 0 radical (unpaired) electrons. The maximum Gasteiger partial charge on any atom is 0.123 e. The fourth-order valence-corrected chi connectivity index (χ4v) is 5.57. The fourth-order valence-electron chi connectivity index (χ4n) is 5.57. The van der Waals surface area contributed by atoms with Crippen molar-refractivity contribution in [2.45, 2.75) is 25.1 Å². The van der Waals surface area contributed by atoms with Crippen LogP contribution in [-0.4, -0.2) is 53.6 Å². The molecule has 6 rings (SSSR count). The van der Waals surface area contributed by atoms with Crippen LogP contribution in [0.1, 0.15) is 28.5 Å². The third-order valence-corrected chi connectivity index (χ3v) is 7.36. The number of halogens is 1. The standard InChI is InChI=1S/C29H30FN3O/c30-23-12-10-22(11-13-23)29(21-6-2-1-3-7-21)34-17-16-32-14-15-33-20-28-26(18-24(33)19-32)25-8-4-5-9-27(25)31-28/h1-13,24,29,31H,14-20H2. The lowest BCUT2D eigenvalue weighted by Gasteiger charge is -2.44. The molecule has 174 valence electrons. The molecule has 2 aliphatic heterocycles. The van der Waals surface area contributed by atoms with Crippen molar-refractivity contribution < 1.29 is 9.13 Å². The number of nitrogens with one attached hydrogen (secondary N) is 1. The van der Waals surface area contributed by atoms with Crippen LogP contribution in [0.2, 0.25) is 0 Å². The molecular weight excluding hydrogens is 425 g/mol. The maximum absolute atomic E-state index is 13.5. The fraction of sp³-hybridized carbons (Fsp3) is 0.310. The topological polar surface area (TPSA) is 31.5 Å². The Morgan fingerprint density at radius 1 is 0.912 bits per heavy atom. The molecule has 1 N–H and O–H groups in total. The number of aromatic nitrogens is 1. The molecule has 0 aliphatic carbocycles. The summed E-state index contributed by atoms with van der Waals surface area (Å²) in [4.78, 5) is 8.80. The highest BCUT2D eigenvalue weighted by Gasteiger charge is 2.33. The smallest absolute Gasteiger partial charge is 0.123 e. The molecule has 2 aliphatic rings. The summed E-state index contributed by atoms with van der Waals surface area (Å²) in [6.45, 7) is 5.76. The van der Waals surface area contributed by atoms with E-state index in [1.54, 1.807) is 0 Å². The number of rotatable bonds is 6. The molecule has 0 amide bonds. The lowest BCUT2D eigenvalue weighted by atomic mass is 9.95. The van der Waals surface area contributed by atoms with E-state index in [0.29, 0.717) is 12.6 Å². The first kappa shape index (κ1) is 21.5. The first-order valence-corrected chi connectivity index (χ1v) is 12.2. The summed E-state index contributed by atoms with van der Waals surface area (Å²) >= 11 is 0. The second kappa shape index (κ2) is 9.34. The number of nitrogens with zero attached hydrogens (tertiary/aromatic N) is 2. The SMILES string of the molecule is Fc1ccc(C(OCCN2CCN3Cc4[nH]c5ccccc5c4CC3C2)c2ccccc2)cc1. The van der Waals surface area contributed by atoms with Gasteiger partial charge in [0.05, 0.1) is 6.61 Å². The summed E-state index contributed by atoms with van der Waals surface area (Å²) in [7, 11) is 0. The Labute approximate surface area is 200 Å². The zero-order chi connectivity index (χ0) is 22.9. The van der Waals surface area contributed by atoms with Crippen LogP contribution in [0, 0.1) is 5.82 Å². The predicted octanol–water partition coefficient (Wildman–Crippen LogP) is 5.16. The first-order chi connectivity index (χ1) is 16.7. The maximum atomic E-state index is 13.5. The molecule has 2 atom stereocenters. The molecule has 1 fully saturated rings. The van der Waals surface area contributed by atoms with E-state index >= 15 is 0 Å². The summed E-state index contributed by atoms with van der Waals surface area (Å²) in [6.07, 6.45) is 0.908. The molecule has 1 saturated heterocycles. The average molecular weight is 456 g/mol. The Morgan fingerprint density at radius 2 is 1.68 bits per heavy atom. The van der Waals surface area contributed by atoms with E-state index < -0.39 is 0 Å². The van der Waals surface area contributed by atoms with E-state index in [1.807, 2.05) is 30.3 Å². The number of fused-ring (bicyclic) bond motifs is 4. The van der Waals surface area contributed by atoms with Crippen LogP contribution < -0.4 is 0 Å². The van der Waals surface area contributed by atoms with Crippen molar-refractivity contribution in [1.29, 1.82) is 0 Å². The highest BCUT2D eigenvalue weighted by Crippen LogP contribution is 2.32. The Bertz CT molecular complexity index is 1250. The van der Waals surface area contributed by atoms with E-state index in [9.17, 15) is 4.39 Å². The van der Waals surface area contributed by atoms with Crippen molar-refractivity contribution in [2.24, 2.45) is 0 Å². The van der Waals surface area contributed by atoms with E-state index in [4.69, 9.17) is 4.74 Å². The van der Waals surface area contributed by atoms with Crippen LogP contribution in [0.3, 0.4) is 0 Å². The minimum absolute atomic E-state index is 0.188. The highest BCUT2D eigenvalue weighted by molar-refractivity contribution is 5.84. The summed E-state index contributed by atoms with van der Waals surface area (Å²) in [5.74, 6) is -0.223. The van der Waals surface area contributed by atoms with Crippen molar-refractivity contribution in [1.82, 2.24) is 14.8 Å². The number of benzene rings is 3. The zero-order valence-electron chi connectivity index (χ0n) is 19.3. The van der Waals surface area contributed by atoms with Crippen LogP contribution in [0.15, 0.2) is 78.9 Å². The zero-order valence-corrected chi connectivity index (χ0v) is 19.3. The third-order valence-electron chi connectivity index (χ3n) is 7.36. The molecule has 5 heteroatoms. The van der Waals surface area contributed by atoms with Gasteiger partial charge in [-0.3, -0.25) is 9.80 Å².